The zero-order valence-electron chi connectivity index (χ0n) is 9.90. The molecule has 1 saturated carbocycles. The first-order valence-electron chi connectivity index (χ1n) is 4.78. The molecule has 4 nitrogen and oxygen atoms in total. The van der Waals surface area contributed by atoms with Crippen LogP contribution < -0.4 is 74.2 Å². The van der Waals surface area contributed by atoms with Crippen LogP contribution in [0, 0.1) is 0 Å². The Morgan fingerprint density at radius 2 is 1.75 bits per heavy atom. The molecule has 0 aliphatic heterocycles. The van der Waals surface area contributed by atoms with E-state index in [4.69, 9.17) is 0 Å². The first-order valence-corrected chi connectivity index (χ1v) is 7.60. The fourth-order valence-corrected chi connectivity index (χ4v) is 2.49. The molecule has 0 spiro atoms. The first-order chi connectivity index (χ1) is 6.47. The Hall–Kier alpha value is 2.04. The van der Waals surface area contributed by atoms with Crippen molar-refractivity contribution >= 4 is 24.2 Å². The second kappa shape index (κ2) is 9.90. The maximum atomic E-state index is 11.2. The van der Waals surface area contributed by atoms with Crippen LogP contribution in [0.3, 0.4) is 0 Å². The number of rotatable bonds is 3. The summed E-state index contributed by atoms with van der Waals surface area (Å²) in [6.45, 7) is -3.87. The van der Waals surface area contributed by atoms with Gasteiger partial charge in [-0.3, -0.25) is 4.79 Å². The summed E-state index contributed by atoms with van der Waals surface area (Å²) in [4.78, 5) is 32.5. The number of carbonyl (C=O) groups excluding carboxylic acids is 1. The van der Waals surface area contributed by atoms with Crippen molar-refractivity contribution in [2.24, 2.45) is 0 Å². The third-order valence-corrected chi connectivity index (χ3v) is 3.37. The van der Waals surface area contributed by atoms with Crippen LogP contribution >= 0.6 is 6.49 Å². The van der Waals surface area contributed by atoms with E-state index in [0.717, 1.165) is 25.7 Å². The molecule has 0 saturated heterocycles. The standard InChI is InChI=1S/C8H16NO3PS.2Na/c10-8(6-13(11,12)14)9-7-4-2-1-3-5-7;;/h7H,1-6H2,(H,9,10)(H2,11,12,14);;/q;2*+1/p-2. The molecule has 16 heavy (non-hydrogen) atoms. The second-order valence-electron chi connectivity index (χ2n) is 3.67. The average molecular weight is 281 g/mol. The number of hydrogen-bond donors (Lipinski definition) is 1. The van der Waals surface area contributed by atoms with Gasteiger partial charge in [0.05, 0.1) is 0 Å². The maximum absolute atomic E-state index is 11.2. The molecular formula is C8H14NNa2O3PS. The van der Waals surface area contributed by atoms with E-state index >= 15 is 0 Å². The van der Waals surface area contributed by atoms with Crippen molar-refractivity contribution in [2.75, 3.05) is 6.16 Å². The molecule has 0 heterocycles. The van der Waals surface area contributed by atoms with Crippen molar-refractivity contribution in [1.82, 2.24) is 5.32 Å². The van der Waals surface area contributed by atoms with Gasteiger partial charge in [-0.1, -0.05) is 19.3 Å². The van der Waals surface area contributed by atoms with Gasteiger partial charge in [0, 0.05) is 12.2 Å². The van der Waals surface area contributed by atoms with Gasteiger partial charge in [0.2, 0.25) is 5.91 Å². The monoisotopic (exact) mass is 281 g/mol. The molecule has 1 amide bonds. The maximum Gasteiger partial charge on any atom is 1.00 e. The van der Waals surface area contributed by atoms with Gasteiger partial charge in [0.1, 0.15) is 0 Å². The van der Waals surface area contributed by atoms with Crippen LogP contribution in [0.5, 0.6) is 0 Å². The van der Waals surface area contributed by atoms with Crippen LogP contribution in [-0.2, 0) is 16.6 Å². The van der Waals surface area contributed by atoms with Crippen molar-refractivity contribution in [3.63, 3.8) is 0 Å². The van der Waals surface area contributed by atoms with Gasteiger partial charge in [-0.2, -0.15) is 0 Å². The van der Waals surface area contributed by atoms with Gasteiger partial charge in [0.25, 0.3) is 0 Å². The summed E-state index contributed by atoms with van der Waals surface area (Å²) < 4.78 is 0. The predicted molar refractivity (Wildman–Crippen MR) is 54.2 cm³/mol. The van der Waals surface area contributed by atoms with E-state index in [0.29, 0.717) is 0 Å². The summed E-state index contributed by atoms with van der Waals surface area (Å²) in [7, 11) is 0. The van der Waals surface area contributed by atoms with E-state index in [1.54, 1.807) is 0 Å². The van der Waals surface area contributed by atoms with Gasteiger partial charge >= 0.3 is 59.1 Å². The van der Waals surface area contributed by atoms with E-state index in [-0.39, 0.29) is 65.2 Å². The van der Waals surface area contributed by atoms with Gasteiger partial charge in [-0.15, -0.1) is 11.8 Å². The van der Waals surface area contributed by atoms with Crippen LogP contribution in [0.25, 0.3) is 0 Å². The number of nitrogens with one attached hydrogen (secondary N) is 1. The SMILES string of the molecule is O=C(CP([O-])([O-])=S)NC1CCCCC1.[Na+].[Na+]. The van der Waals surface area contributed by atoms with Crippen LogP contribution in [0.2, 0.25) is 0 Å². The Balaban J connectivity index is 0. The normalized spacial score (nSPS) is 16.9. The smallest absolute Gasteiger partial charge is 0.832 e. The summed E-state index contributed by atoms with van der Waals surface area (Å²) in [5, 5.41) is 2.70. The molecule has 82 valence electrons. The van der Waals surface area contributed by atoms with Gasteiger partial charge in [0.15, 0.2) is 0 Å². The van der Waals surface area contributed by atoms with Crippen molar-refractivity contribution in [3.05, 3.63) is 0 Å². The van der Waals surface area contributed by atoms with E-state index in [2.05, 4.69) is 17.1 Å². The number of carbonyl (C=O) groups is 1. The minimum absolute atomic E-state index is 0. The zero-order valence-corrected chi connectivity index (χ0v) is 15.6. The summed E-state index contributed by atoms with van der Waals surface area (Å²) in [6, 6.07) is 0.151. The van der Waals surface area contributed by atoms with Crippen molar-refractivity contribution in [1.29, 1.82) is 0 Å². The molecule has 1 aliphatic rings. The zero-order chi connectivity index (χ0) is 10.6. The van der Waals surface area contributed by atoms with E-state index in [1.807, 2.05) is 0 Å². The Bertz CT molecular complexity index is 256. The molecule has 1 rings (SSSR count). The van der Waals surface area contributed by atoms with Crippen LogP contribution in [0.15, 0.2) is 0 Å². The molecule has 0 aromatic carbocycles. The van der Waals surface area contributed by atoms with Crippen molar-refractivity contribution in [3.8, 4) is 0 Å². The summed E-state index contributed by atoms with van der Waals surface area (Å²) >= 11 is 4.17. The quantitative estimate of drug-likeness (QED) is 0.412. The van der Waals surface area contributed by atoms with Crippen molar-refractivity contribution in [2.45, 2.75) is 38.1 Å². The largest absolute Gasteiger partial charge is 1.00 e. The molecule has 0 aromatic rings. The topological polar surface area (TPSA) is 75.2 Å². The molecule has 1 aliphatic carbocycles. The molecule has 8 heteroatoms. The third kappa shape index (κ3) is 10.0. The van der Waals surface area contributed by atoms with Crippen molar-refractivity contribution < 1.29 is 73.7 Å². The number of amides is 1. The van der Waals surface area contributed by atoms with Gasteiger partial charge < -0.3 is 15.1 Å². The molecule has 1 fully saturated rings. The average Bonchev–Trinajstić information content (AvgIpc) is 2.02. The minimum atomic E-state index is -3.87. The molecule has 1 N–H and O–H groups in total. The molecule has 0 atom stereocenters. The Labute approximate surface area is 146 Å². The minimum Gasteiger partial charge on any atom is -0.832 e. The summed E-state index contributed by atoms with van der Waals surface area (Å²) in [6.07, 6.45) is 4.77. The van der Waals surface area contributed by atoms with E-state index in [1.165, 1.54) is 6.42 Å². The first kappa shape index (κ1) is 20.4. The molecule has 0 unspecified atom stereocenters. The predicted octanol–water partition coefficient (Wildman–Crippen LogP) is -6.53. The van der Waals surface area contributed by atoms with Gasteiger partial charge in [-0.25, -0.2) is 6.49 Å². The number of hydrogen-bond acceptors (Lipinski definition) is 4. The Morgan fingerprint density at radius 3 is 2.19 bits per heavy atom. The Morgan fingerprint density at radius 1 is 1.25 bits per heavy atom. The van der Waals surface area contributed by atoms with Gasteiger partial charge in [-0.05, 0) is 12.8 Å². The Kier molecular flexibility index (Phi) is 12.6. The van der Waals surface area contributed by atoms with Crippen LogP contribution in [0.1, 0.15) is 32.1 Å². The van der Waals surface area contributed by atoms with Crippen LogP contribution in [-0.4, -0.2) is 18.1 Å². The molecule has 0 bridgehead atoms. The summed E-state index contributed by atoms with van der Waals surface area (Å²) in [5.41, 5.74) is 0. The molecular weight excluding hydrogens is 267 g/mol. The third-order valence-electron chi connectivity index (χ3n) is 2.31. The van der Waals surface area contributed by atoms with Crippen LogP contribution in [0.4, 0.5) is 0 Å². The second-order valence-corrected chi connectivity index (χ2v) is 6.88. The van der Waals surface area contributed by atoms with E-state index < -0.39 is 18.6 Å². The molecule has 0 radical (unpaired) electrons. The fourth-order valence-electron chi connectivity index (χ4n) is 1.70. The fraction of sp³-hybridized carbons (Fsp3) is 0.875. The summed E-state index contributed by atoms with van der Waals surface area (Å²) in [5.74, 6) is -0.453. The molecule has 0 aromatic heterocycles. The van der Waals surface area contributed by atoms with E-state index in [9.17, 15) is 14.6 Å².